The van der Waals surface area contributed by atoms with E-state index in [1.807, 2.05) is 24.3 Å². The van der Waals surface area contributed by atoms with Crippen LogP contribution in [0.2, 0.25) is 0 Å². The second kappa shape index (κ2) is 8.34. The molecule has 0 radical (unpaired) electrons. The SMILES string of the molecule is O=C(CCN1CCN(Cc2ccccc2F)CC1)c1ccc(Br)s1. The molecule has 0 amide bonds. The highest BCUT2D eigenvalue weighted by Crippen LogP contribution is 2.23. The fourth-order valence-corrected chi connectivity index (χ4v) is 4.24. The number of thiophene rings is 1. The summed E-state index contributed by atoms with van der Waals surface area (Å²) >= 11 is 4.88. The molecule has 1 saturated heterocycles. The minimum absolute atomic E-state index is 0.132. The van der Waals surface area contributed by atoms with Gasteiger partial charge in [0.05, 0.1) is 8.66 Å². The van der Waals surface area contributed by atoms with E-state index < -0.39 is 0 Å². The molecule has 0 unspecified atom stereocenters. The Balaban J connectivity index is 1.42. The lowest BCUT2D eigenvalue weighted by Crippen LogP contribution is -2.46. The lowest BCUT2D eigenvalue weighted by molar-refractivity contribution is 0.0925. The van der Waals surface area contributed by atoms with Crippen molar-refractivity contribution >= 4 is 33.0 Å². The molecule has 24 heavy (non-hydrogen) atoms. The van der Waals surface area contributed by atoms with Gasteiger partial charge in [0.2, 0.25) is 0 Å². The van der Waals surface area contributed by atoms with E-state index in [1.165, 1.54) is 17.4 Å². The van der Waals surface area contributed by atoms with Crippen molar-refractivity contribution in [3.8, 4) is 0 Å². The highest BCUT2D eigenvalue weighted by atomic mass is 79.9. The van der Waals surface area contributed by atoms with Crippen molar-refractivity contribution in [1.82, 2.24) is 9.80 Å². The van der Waals surface area contributed by atoms with Gasteiger partial charge >= 0.3 is 0 Å². The number of piperazine rings is 1. The molecule has 1 aliphatic heterocycles. The van der Waals surface area contributed by atoms with Crippen LogP contribution in [0.5, 0.6) is 0 Å². The van der Waals surface area contributed by atoms with Crippen LogP contribution in [0.25, 0.3) is 0 Å². The lowest BCUT2D eigenvalue weighted by Gasteiger charge is -2.34. The molecule has 0 aliphatic carbocycles. The number of benzene rings is 1. The first kappa shape index (κ1) is 17.7. The van der Waals surface area contributed by atoms with Crippen LogP contribution in [0, 0.1) is 5.82 Å². The second-order valence-corrected chi connectivity index (χ2v) is 8.45. The first-order valence-corrected chi connectivity index (χ1v) is 9.69. The first-order chi connectivity index (χ1) is 11.6. The van der Waals surface area contributed by atoms with Crippen molar-refractivity contribution in [2.45, 2.75) is 13.0 Å². The zero-order chi connectivity index (χ0) is 16.9. The summed E-state index contributed by atoms with van der Waals surface area (Å²) in [6, 6.07) is 10.8. The zero-order valence-corrected chi connectivity index (χ0v) is 15.8. The van der Waals surface area contributed by atoms with Gasteiger partial charge in [-0.25, -0.2) is 4.39 Å². The van der Waals surface area contributed by atoms with Crippen LogP contribution >= 0.6 is 27.3 Å². The number of Topliss-reactive ketones (excluding diaryl/α,β-unsaturated/α-hetero) is 1. The third-order valence-corrected chi connectivity index (χ3v) is 5.98. The van der Waals surface area contributed by atoms with E-state index in [-0.39, 0.29) is 11.6 Å². The topological polar surface area (TPSA) is 23.6 Å². The van der Waals surface area contributed by atoms with Gasteiger partial charge in [0.1, 0.15) is 5.82 Å². The van der Waals surface area contributed by atoms with E-state index in [2.05, 4.69) is 25.7 Å². The number of hydrogen-bond acceptors (Lipinski definition) is 4. The van der Waals surface area contributed by atoms with Gasteiger partial charge in [0, 0.05) is 51.3 Å². The molecule has 2 heterocycles. The van der Waals surface area contributed by atoms with Gasteiger partial charge in [0.25, 0.3) is 0 Å². The Labute approximate surface area is 154 Å². The number of ketones is 1. The third-order valence-electron chi connectivity index (χ3n) is 4.32. The molecular weight excluding hydrogens is 391 g/mol. The molecule has 1 aromatic carbocycles. The molecule has 2 aromatic rings. The Kier molecular flexibility index (Phi) is 6.16. The summed E-state index contributed by atoms with van der Waals surface area (Å²) in [5.74, 6) is 0.0760. The molecule has 1 fully saturated rings. The normalized spacial score (nSPS) is 16.4. The van der Waals surface area contributed by atoms with E-state index in [1.54, 1.807) is 6.07 Å². The molecule has 1 aliphatic rings. The summed E-state index contributed by atoms with van der Waals surface area (Å²) < 4.78 is 14.7. The summed E-state index contributed by atoms with van der Waals surface area (Å²) in [7, 11) is 0. The minimum Gasteiger partial charge on any atom is -0.300 e. The molecule has 0 saturated carbocycles. The Hall–Kier alpha value is -1.08. The van der Waals surface area contributed by atoms with E-state index in [0.29, 0.717) is 13.0 Å². The van der Waals surface area contributed by atoms with E-state index in [0.717, 1.165) is 47.0 Å². The molecule has 0 N–H and O–H groups in total. The van der Waals surface area contributed by atoms with Gasteiger partial charge in [-0.3, -0.25) is 9.69 Å². The molecule has 0 atom stereocenters. The maximum atomic E-state index is 13.7. The third kappa shape index (κ3) is 4.72. The Bertz CT molecular complexity index is 698. The maximum Gasteiger partial charge on any atom is 0.174 e. The number of rotatable bonds is 6. The molecule has 0 spiro atoms. The van der Waals surface area contributed by atoms with Crippen LogP contribution < -0.4 is 0 Å². The van der Waals surface area contributed by atoms with Crippen LogP contribution in [-0.4, -0.2) is 48.3 Å². The summed E-state index contributed by atoms with van der Waals surface area (Å²) in [6.45, 7) is 5.12. The highest BCUT2D eigenvalue weighted by molar-refractivity contribution is 9.11. The highest BCUT2D eigenvalue weighted by Gasteiger charge is 2.19. The molecular formula is C18H20BrFN2OS. The van der Waals surface area contributed by atoms with Crippen LogP contribution in [0.15, 0.2) is 40.2 Å². The number of carbonyl (C=O) groups excluding carboxylic acids is 1. The molecule has 3 rings (SSSR count). The minimum atomic E-state index is -0.132. The van der Waals surface area contributed by atoms with E-state index >= 15 is 0 Å². The molecule has 1 aromatic heterocycles. The lowest BCUT2D eigenvalue weighted by atomic mass is 10.1. The standard InChI is InChI=1S/C18H20BrFN2OS/c19-18-6-5-17(24-18)16(23)7-8-21-9-11-22(12-10-21)13-14-3-1-2-4-15(14)20/h1-6H,7-13H2. The summed E-state index contributed by atoms with van der Waals surface area (Å²) in [5.41, 5.74) is 0.754. The molecule has 6 heteroatoms. The van der Waals surface area contributed by atoms with Gasteiger partial charge < -0.3 is 4.90 Å². The Morgan fingerprint density at radius 2 is 1.79 bits per heavy atom. The first-order valence-electron chi connectivity index (χ1n) is 8.08. The average molecular weight is 411 g/mol. The number of nitrogens with zero attached hydrogens (tertiary/aromatic N) is 2. The van der Waals surface area contributed by atoms with Crippen molar-refractivity contribution in [3.05, 3.63) is 56.4 Å². The van der Waals surface area contributed by atoms with Crippen LogP contribution in [0.4, 0.5) is 4.39 Å². The second-order valence-electron chi connectivity index (χ2n) is 5.99. The molecule has 128 valence electrons. The van der Waals surface area contributed by atoms with Crippen LogP contribution in [0.1, 0.15) is 21.7 Å². The quantitative estimate of drug-likeness (QED) is 0.671. The average Bonchev–Trinajstić information content (AvgIpc) is 3.03. The number of hydrogen-bond donors (Lipinski definition) is 0. The monoisotopic (exact) mass is 410 g/mol. The van der Waals surface area contributed by atoms with Crippen molar-refractivity contribution < 1.29 is 9.18 Å². The fraction of sp³-hybridized carbons (Fsp3) is 0.389. The van der Waals surface area contributed by atoms with Crippen molar-refractivity contribution in [3.63, 3.8) is 0 Å². The van der Waals surface area contributed by atoms with Gasteiger partial charge in [0.15, 0.2) is 5.78 Å². The van der Waals surface area contributed by atoms with Gasteiger partial charge in [-0.2, -0.15) is 0 Å². The van der Waals surface area contributed by atoms with Gasteiger partial charge in [-0.05, 0) is 34.1 Å². The Morgan fingerprint density at radius 3 is 2.46 bits per heavy atom. The fourth-order valence-electron chi connectivity index (χ4n) is 2.89. The molecule has 3 nitrogen and oxygen atoms in total. The van der Waals surface area contributed by atoms with E-state index in [9.17, 15) is 9.18 Å². The van der Waals surface area contributed by atoms with E-state index in [4.69, 9.17) is 0 Å². The number of carbonyl (C=O) groups is 1. The zero-order valence-electron chi connectivity index (χ0n) is 13.4. The van der Waals surface area contributed by atoms with Gasteiger partial charge in [-0.15, -0.1) is 11.3 Å². The predicted molar refractivity (Wildman–Crippen MR) is 99.1 cm³/mol. The Morgan fingerprint density at radius 1 is 1.08 bits per heavy atom. The summed E-state index contributed by atoms with van der Waals surface area (Å²) in [6.07, 6.45) is 0.556. The largest absolute Gasteiger partial charge is 0.300 e. The predicted octanol–water partition coefficient (Wildman–Crippen LogP) is 4.04. The van der Waals surface area contributed by atoms with Crippen molar-refractivity contribution in [1.29, 1.82) is 0 Å². The van der Waals surface area contributed by atoms with Crippen molar-refractivity contribution in [2.75, 3.05) is 32.7 Å². The van der Waals surface area contributed by atoms with Crippen LogP contribution in [-0.2, 0) is 6.54 Å². The summed E-state index contributed by atoms with van der Waals surface area (Å²) in [4.78, 5) is 17.6. The van der Waals surface area contributed by atoms with Gasteiger partial charge in [-0.1, -0.05) is 18.2 Å². The van der Waals surface area contributed by atoms with Crippen LogP contribution in [0.3, 0.4) is 0 Å². The summed E-state index contributed by atoms with van der Waals surface area (Å²) in [5, 5.41) is 0. The van der Waals surface area contributed by atoms with Crippen molar-refractivity contribution in [2.24, 2.45) is 0 Å². The number of halogens is 2. The molecule has 0 bridgehead atoms. The maximum absolute atomic E-state index is 13.7. The smallest absolute Gasteiger partial charge is 0.174 e.